The van der Waals surface area contributed by atoms with Crippen molar-refractivity contribution in [3.8, 4) is 17.6 Å². The molecule has 1 saturated heterocycles. The highest BCUT2D eigenvalue weighted by Gasteiger charge is 2.19. The number of ether oxygens (including phenoxy) is 2. The van der Waals surface area contributed by atoms with Gasteiger partial charge in [0.2, 0.25) is 10.3 Å². The lowest BCUT2D eigenvalue weighted by Gasteiger charge is -2.13. The molecule has 3 aromatic rings. The number of rotatable bonds is 9. The van der Waals surface area contributed by atoms with Crippen molar-refractivity contribution in [2.24, 2.45) is 0 Å². The second-order valence-corrected chi connectivity index (χ2v) is 9.08. The number of aryl methyl sites for hydroxylation is 1. The van der Waals surface area contributed by atoms with Crippen molar-refractivity contribution in [3.63, 3.8) is 0 Å². The van der Waals surface area contributed by atoms with Gasteiger partial charge < -0.3 is 14.4 Å². The van der Waals surface area contributed by atoms with Gasteiger partial charge in [-0.2, -0.15) is 5.26 Å². The van der Waals surface area contributed by atoms with Gasteiger partial charge in [-0.1, -0.05) is 47.2 Å². The third-order valence-electron chi connectivity index (χ3n) is 5.47. The van der Waals surface area contributed by atoms with E-state index in [9.17, 15) is 10.1 Å². The lowest BCUT2D eigenvalue weighted by atomic mass is 10.1. The van der Waals surface area contributed by atoms with Gasteiger partial charge in [-0.15, -0.1) is 10.2 Å². The molecule has 1 fully saturated rings. The Morgan fingerprint density at radius 2 is 1.91 bits per heavy atom. The van der Waals surface area contributed by atoms with Gasteiger partial charge in [0.1, 0.15) is 18.2 Å². The molecular formula is C26H27N5O3S. The first-order valence-corrected chi connectivity index (χ1v) is 12.3. The predicted molar refractivity (Wildman–Crippen MR) is 137 cm³/mol. The number of carbonyl (C=O) groups excluding carboxylic acids is 1. The Morgan fingerprint density at radius 3 is 2.63 bits per heavy atom. The average molecular weight is 490 g/mol. The fourth-order valence-electron chi connectivity index (χ4n) is 3.63. The molecule has 1 aliphatic heterocycles. The first-order valence-electron chi connectivity index (χ1n) is 11.5. The second kappa shape index (κ2) is 11.5. The number of hydrogen-bond donors (Lipinski definition) is 1. The van der Waals surface area contributed by atoms with Crippen LogP contribution in [0.25, 0.3) is 6.08 Å². The second-order valence-electron chi connectivity index (χ2n) is 8.12. The van der Waals surface area contributed by atoms with Crippen molar-refractivity contribution >= 4 is 33.6 Å². The zero-order valence-electron chi connectivity index (χ0n) is 19.8. The number of nitriles is 1. The maximum absolute atomic E-state index is 12.7. The fraction of sp³-hybridized carbons (Fsp3) is 0.308. The number of aromatic nitrogens is 2. The molecular weight excluding hydrogens is 462 g/mol. The van der Waals surface area contributed by atoms with Crippen LogP contribution in [0.3, 0.4) is 0 Å². The summed E-state index contributed by atoms with van der Waals surface area (Å²) in [7, 11) is 0. The van der Waals surface area contributed by atoms with Crippen LogP contribution >= 0.6 is 11.3 Å². The highest BCUT2D eigenvalue weighted by atomic mass is 32.1. The lowest BCUT2D eigenvalue weighted by molar-refractivity contribution is -0.112. The number of amides is 1. The molecule has 0 saturated carbocycles. The van der Waals surface area contributed by atoms with Crippen molar-refractivity contribution in [1.82, 2.24) is 10.2 Å². The van der Waals surface area contributed by atoms with Gasteiger partial charge in [0, 0.05) is 13.1 Å². The van der Waals surface area contributed by atoms with Gasteiger partial charge in [-0.25, -0.2) is 0 Å². The van der Waals surface area contributed by atoms with Gasteiger partial charge in [0.05, 0.1) is 6.61 Å². The number of carbonyl (C=O) groups is 1. The van der Waals surface area contributed by atoms with Crippen LogP contribution in [0.1, 0.15) is 36.5 Å². The van der Waals surface area contributed by atoms with E-state index < -0.39 is 5.91 Å². The molecule has 1 aliphatic rings. The van der Waals surface area contributed by atoms with Crippen LogP contribution in [0.5, 0.6) is 11.5 Å². The van der Waals surface area contributed by atoms with Crippen molar-refractivity contribution in [2.75, 3.05) is 29.9 Å². The van der Waals surface area contributed by atoms with E-state index in [1.807, 2.05) is 44.2 Å². The van der Waals surface area contributed by atoms with E-state index in [2.05, 4.69) is 20.4 Å². The Balaban J connectivity index is 1.45. The highest BCUT2D eigenvalue weighted by Crippen LogP contribution is 2.31. The monoisotopic (exact) mass is 489 g/mol. The number of anilines is 2. The van der Waals surface area contributed by atoms with Crippen LogP contribution in [0.2, 0.25) is 0 Å². The molecule has 0 radical (unpaired) electrons. The molecule has 180 valence electrons. The van der Waals surface area contributed by atoms with Crippen LogP contribution in [-0.2, 0) is 11.4 Å². The minimum atomic E-state index is -0.533. The van der Waals surface area contributed by atoms with Gasteiger partial charge in [-0.05, 0) is 56.0 Å². The third-order valence-corrected chi connectivity index (χ3v) is 6.37. The number of benzene rings is 2. The summed E-state index contributed by atoms with van der Waals surface area (Å²) >= 11 is 1.31. The van der Waals surface area contributed by atoms with E-state index in [-0.39, 0.29) is 5.57 Å². The van der Waals surface area contributed by atoms with Gasteiger partial charge in [-0.3, -0.25) is 10.1 Å². The Kier molecular flexibility index (Phi) is 7.95. The maximum Gasteiger partial charge on any atom is 0.268 e. The summed E-state index contributed by atoms with van der Waals surface area (Å²) in [6, 6.07) is 15.4. The summed E-state index contributed by atoms with van der Waals surface area (Å²) in [5.41, 5.74) is 2.85. The lowest BCUT2D eigenvalue weighted by Crippen LogP contribution is -2.17. The summed E-state index contributed by atoms with van der Waals surface area (Å²) in [6.45, 7) is 6.68. The number of nitrogens with one attached hydrogen (secondary N) is 1. The van der Waals surface area contributed by atoms with Gasteiger partial charge in [0.15, 0.2) is 11.5 Å². The van der Waals surface area contributed by atoms with Crippen LogP contribution in [-0.4, -0.2) is 35.8 Å². The number of nitrogens with zero attached hydrogens (tertiary/aromatic N) is 4. The molecule has 35 heavy (non-hydrogen) atoms. The summed E-state index contributed by atoms with van der Waals surface area (Å²) in [5.74, 6) is 0.607. The van der Waals surface area contributed by atoms with Crippen molar-refractivity contribution in [2.45, 2.75) is 33.3 Å². The SMILES string of the molecule is CCOc1cc(/C=C(/C#N)C(=O)Nc2nnc(N3CCCC3)s2)ccc1OCc1ccc(C)cc1. The molecule has 9 heteroatoms. The molecule has 0 unspecified atom stereocenters. The first kappa shape index (κ1) is 24.2. The van der Waals surface area contributed by atoms with Crippen LogP contribution in [0.15, 0.2) is 48.0 Å². The average Bonchev–Trinajstić information content (AvgIpc) is 3.55. The van der Waals surface area contributed by atoms with Crippen molar-refractivity contribution < 1.29 is 14.3 Å². The number of hydrogen-bond acceptors (Lipinski definition) is 8. The van der Waals surface area contributed by atoms with Crippen LogP contribution in [0.4, 0.5) is 10.3 Å². The quantitative estimate of drug-likeness (QED) is 0.334. The van der Waals surface area contributed by atoms with Gasteiger partial charge in [0.25, 0.3) is 5.91 Å². The predicted octanol–water partition coefficient (Wildman–Crippen LogP) is 4.97. The standard InChI is InChI=1S/C26H27N5O3S/c1-3-33-23-15-20(10-11-22(23)34-17-19-8-6-18(2)7-9-19)14-21(16-27)24(32)28-25-29-30-26(35-25)31-12-4-5-13-31/h6-11,14-15H,3-5,12-13,17H2,1-2H3,(H,28,29,32)/b21-14-. The van der Waals surface area contributed by atoms with E-state index in [1.165, 1.54) is 23.0 Å². The molecule has 4 rings (SSSR count). The summed E-state index contributed by atoms with van der Waals surface area (Å²) in [5, 5.41) is 21.6. The third kappa shape index (κ3) is 6.37. The van der Waals surface area contributed by atoms with E-state index >= 15 is 0 Å². The normalized spacial score (nSPS) is 13.4. The molecule has 0 bridgehead atoms. The largest absolute Gasteiger partial charge is 0.490 e. The zero-order chi connectivity index (χ0) is 24.6. The Labute approximate surface area is 208 Å². The Bertz CT molecular complexity index is 1240. The topological polar surface area (TPSA) is 100 Å². The molecule has 1 N–H and O–H groups in total. The molecule has 2 aromatic carbocycles. The van der Waals surface area contributed by atoms with Crippen LogP contribution in [0, 0.1) is 18.3 Å². The molecule has 0 spiro atoms. The first-order chi connectivity index (χ1) is 17.1. The molecule has 1 amide bonds. The molecule has 0 aliphatic carbocycles. The summed E-state index contributed by atoms with van der Waals surface area (Å²) in [6.07, 6.45) is 3.77. The van der Waals surface area contributed by atoms with E-state index in [4.69, 9.17) is 9.47 Å². The zero-order valence-corrected chi connectivity index (χ0v) is 20.6. The maximum atomic E-state index is 12.7. The van der Waals surface area contributed by atoms with Crippen molar-refractivity contribution in [1.29, 1.82) is 5.26 Å². The van der Waals surface area contributed by atoms with E-state index in [1.54, 1.807) is 18.2 Å². The Morgan fingerprint density at radius 1 is 1.14 bits per heavy atom. The highest BCUT2D eigenvalue weighted by molar-refractivity contribution is 7.19. The van der Waals surface area contributed by atoms with Gasteiger partial charge >= 0.3 is 0 Å². The van der Waals surface area contributed by atoms with Crippen LogP contribution < -0.4 is 19.7 Å². The van der Waals surface area contributed by atoms with Crippen molar-refractivity contribution in [3.05, 3.63) is 64.7 Å². The summed E-state index contributed by atoms with van der Waals surface area (Å²) < 4.78 is 11.7. The Hall–Kier alpha value is -3.90. The smallest absolute Gasteiger partial charge is 0.268 e. The fourth-order valence-corrected chi connectivity index (χ4v) is 4.42. The molecule has 2 heterocycles. The minimum absolute atomic E-state index is 0.0429. The molecule has 0 atom stereocenters. The van der Waals surface area contributed by atoms with E-state index in [0.717, 1.165) is 36.6 Å². The molecule has 1 aromatic heterocycles. The molecule has 8 nitrogen and oxygen atoms in total. The minimum Gasteiger partial charge on any atom is -0.490 e. The van der Waals surface area contributed by atoms with E-state index in [0.29, 0.717) is 35.4 Å². The summed E-state index contributed by atoms with van der Waals surface area (Å²) in [4.78, 5) is 14.9.